The summed E-state index contributed by atoms with van der Waals surface area (Å²) in [6.45, 7) is 5.21. The second kappa shape index (κ2) is 5.04. The molecule has 20 heavy (non-hydrogen) atoms. The molecule has 0 saturated heterocycles. The van der Waals surface area contributed by atoms with E-state index in [1.165, 1.54) is 11.9 Å². The lowest BCUT2D eigenvalue weighted by atomic mass is 9.98. The number of carbonyl (C=O) groups is 1. The van der Waals surface area contributed by atoms with Crippen LogP contribution in [0.5, 0.6) is 0 Å². The largest absolute Gasteiger partial charge is 0.332 e. The van der Waals surface area contributed by atoms with E-state index in [0.29, 0.717) is 13.1 Å². The fourth-order valence-corrected chi connectivity index (χ4v) is 2.61. The predicted octanol–water partition coefficient (Wildman–Crippen LogP) is 2.43. The van der Waals surface area contributed by atoms with E-state index in [1.54, 1.807) is 6.20 Å². The van der Waals surface area contributed by atoms with Gasteiger partial charge in [0.05, 0.1) is 18.2 Å². The minimum atomic E-state index is -0.128. The molecule has 1 amide bonds. The van der Waals surface area contributed by atoms with Crippen LogP contribution in [0.1, 0.15) is 35.2 Å². The van der Waals surface area contributed by atoms with Gasteiger partial charge in [0, 0.05) is 18.3 Å². The molecular weight excluding hydrogens is 250 g/mol. The molecule has 4 heteroatoms. The number of rotatable bonds is 2. The molecule has 2 heterocycles. The summed E-state index contributed by atoms with van der Waals surface area (Å²) in [4.78, 5) is 22.7. The number of aromatic nitrogens is 2. The third kappa shape index (κ3) is 2.29. The van der Waals surface area contributed by atoms with Gasteiger partial charge in [-0.05, 0) is 19.4 Å². The fraction of sp³-hybridized carbons (Fsp3) is 0.312. The van der Waals surface area contributed by atoms with E-state index in [-0.39, 0.29) is 11.8 Å². The predicted molar refractivity (Wildman–Crippen MR) is 75.9 cm³/mol. The van der Waals surface area contributed by atoms with Crippen LogP contribution in [0.2, 0.25) is 0 Å². The molecule has 102 valence electrons. The van der Waals surface area contributed by atoms with Crippen molar-refractivity contribution in [1.82, 2.24) is 14.9 Å². The first-order valence-corrected chi connectivity index (χ1v) is 6.78. The average Bonchev–Trinajstić information content (AvgIpc) is 2.89. The van der Waals surface area contributed by atoms with Gasteiger partial charge in [-0.25, -0.2) is 9.97 Å². The molecule has 1 atom stereocenters. The van der Waals surface area contributed by atoms with Gasteiger partial charge < -0.3 is 4.90 Å². The Morgan fingerprint density at radius 1 is 1.35 bits per heavy atom. The van der Waals surface area contributed by atoms with Crippen LogP contribution < -0.4 is 0 Å². The van der Waals surface area contributed by atoms with Crippen molar-refractivity contribution in [3.05, 3.63) is 59.2 Å². The van der Waals surface area contributed by atoms with E-state index < -0.39 is 0 Å². The van der Waals surface area contributed by atoms with Crippen LogP contribution in [0, 0.1) is 6.92 Å². The van der Waals surface area contributed by atoms with Crippen molar-refractivity contribution >= 4 is 5.91 Å². The van der Waals surface area contributed by atoms with Gasteiger partial charge in [-0.1, -0.05) is 29.8 Å². The molecule has 0 N–H and O–H groups in total. The summed E-state index contributed by atoms with van der Waals surface area (Å²) in [5, 5.41) is 0. The molecule has 1 aromatic heterocycles. The lowest BCUT2D eigenvalue weighted by Gasteiger charge is -2.20. The Morgan fingerprint density at radius 2 is 2.20 bits per heavy atom. The van der Waals surface area contributed by atoms with Crippen LogP contribution in [0.3, 0.4) is 0 Å². The Hall–Kier alpha value is -2.23. The second-order valence-electron chi connectivity index (χ2n) is 5.32. The van der Waals surface area contributed by atoms with Gasteiger partial charge in [0.2, 0.25) is 5.91 Å². The van der Waals surface area contributed by atoms with Crippen molar-refractivity contribution in [3.8, 4) is 0 Å². The first-order chi connectivity index (χ1) is 9.65. The van der Waals surface area contributed by atoms with Crippen LogP contribution in [0.25, 0.3) is 0 Å². The second-order valence-corrected chi connectivity index (χ2v) is 5.32. The van der Waals surface area contributed by atoms with Crippen LogP contribution >= 0.6 is 0 Å². The topological polar surface area (TPSA) is 46.1 Å². The number of hydrogen-bond acceptors (Lipinski definition) is 3. The van der Waals surface area contributed by atoms with Crippen LogP contribution in [-0.4, -0.2) is 20.8 Å². The highest BCUT2D eigenvalue weighted by molar-refractivity contribution is 5.83. The van der Waals surface area contributed by atoms with Gasteiger partial charge in [0.1, 0.15) is 6.33 Å². The lowest BCUT2D eigenvalue weighted by molar-refractivity contribution is -0.133. The summed E-state index contributed by atoms with van der Waals surface area (Å²) in [7, 11) is 0. The van der Waals surface area contributed by atoms with Crippen molar-refractivity contribution < 1.29 is 4.79 Å². The maximum atomic E-state index is 12.6. The standard InChI is InChI=1S/C16H17N3O/c1-11-4-3-5-13(6-11)12(2)16(20)19-8-14-7-17-10-18-15(14)9-19/h3-7,10,12H,8-9H2,1-2H3. The zero-order valence-electron chi connectivity index (χ0n) is 11.7. The minimum absolute atomic E-state index is 0.128. The molecule has 3 rings (SSSR count). The summed E-state index contributed by atoms with van der Waals surface area (Å²) in [5.74, 6) is 0.0192. The van der Waals surface area contributed by atoms with E-state index in [9.17, 15) is 4.79 Å². The molecule has 1 aromatic carbocycles. The van der Waals surface area contributed by atoms with Gasteiger partial charge >= 0.3 is 0 Å². The zero-order valence-corrected chi connectivity index (χ0v) is 11.7. The zero-order chi connectivity index (χ0) is 14.1. The van der Waals surface area contributed by atoms with Crippen molar-refractivity contribution in [3.63, 3.8) is 0 Å². The lowest BCUT2D eigenvalue weighted by Crippen LogP contribution is -2.29. The smallest absolute Gasteiger partial charge is 0.230 e. The molecule has 1 aliphatic rings. The minimum Gasteiger partial charge on any atom is -0.332 e. The monoisotopic (exact) mass is 267 g/mol. The highest BCUT2D eigenvalue weighted by Gasteiger charge is 2.28. The van der Waals surface area contributed by atoms with E-state index in [4.69, 9.17) is 0 Å². The highest BCUT2D eigenvalue weighted by atomic mass is 16.2. The summed E-state index contributed by atoms with van der Waals surface area (Å²) in [6, 6.07) is 8.13. The Labute approximate surface area is 118 Å². The molecule has 0 radical (unpaired) electrons. The molecule has 0 saturated carbocycles. The first-order valence-electron chi connectivity index (χ1n) is 6.78. The molecule has 0 spiro atoms. The van der Waals surface area contributed by atoms with Crippen LogP contribution in [0.4, 0.5) is 0 Å². The molecule has 0 bridgehead atoms. The number of benzene rings is 1. The Balaban J connectivity index is 1.78. The summed E-state index contributed by atoms with van der Waals surface area (Å²) in [5.41, 5.74) is 4.26. The average molecular weight is 267 g/mol. The number of hydrogen-bond donors (Lipinski definition) is 0. The quantitative estimate of drug-likeness (QED) is 0.839. The SMILES string of the molecule is Cc1cccc(C(C)C(=O)N2Cc3cncnc3C2)c1. The van der Waals surface area contributed by atoms with E-state index in [1.807, 2.05) is 36.9 Å². The number of carbonyl (C=O) groups excluding carboxylic acids is 1. The first kappa shape index (κ1) is 12.8. The van der Waals surface area contributed by atoms with Gasteiger partial charge in [0.15, 0.2) is 0 Å². The summed E-state index contributed by atoms with van der Waals surface area (Å²) in [6.07, 6.45) is 3.34. The summed E-state index contributed by atoms with van der Waals surface area (Å²) < 4.78 is 0. The van der Waals surface area contributed by atoms with E-state index >= 15 is 0 Å². The van der Waals surface area contributed by atoms with Crippen LogP contribution in [-0.2, 0) is 17.9 Å². The van der Waals surface area contributed by atoms with Crippen molar-refractivity contribution in [1.29, 1.82) is 0 Å². The molecular formula is C16H17N3O. The normalized spacial score (nSPS) is 15.0. The van der Waals surface area contributed by atoms with Crippen molar-refractivity contribution in [2.75, 3.05) is 0 Å². The third-order valence-electron chi connectivity index (χ3n) is 3.81. The van der Waals surface area contributed by atoms with Gasteiger partial charge in [-0.2, -0.15) is 0 Å². The maximum absolute atomic E-state index is 12.6. The molecule has 1 unspecified atom stereocenters. The van der Waals surface area contributed by atoms with E-state index in [2.05, 4.69) is 16.0 Å². The van der Waals surface area contributed by atoms with Crippen LogP contribution in [0.15, 0.2) is 36.8 Å². The maximum Gasteiger partial charge on any atom is 0.230 e. The van der Waals surface area contributed by atoms with E-state index in [0.717, 1.165) is 16.8 Å². The molecule has 4 nitrogen and oxygen atoms in total. The molecule has 0 aliphatic carbocycles. The molecule has 0 fully saturated rings. The molecule has 1 aliphatic heterocycles. The van der Waals surface area contributed by atoms with Gasteiger partial charge in [-0.15, -0.1) is 0 Å². The summed E-state index contributed by atoms with van der Waals surface area (Å²) >= 11 is 0. The Morgan fingerprint density at radius 3 is 2.95 bits per heavy atom. The molecule has 2 aromatic rings. The fourth-order valence-electron chi connectivity index (χ4n) is 2.61. The number of amides is 1. The Bertz CT molecular complexity index is 629. The Kier molecular flexibility index (Phi) is 3.22. The highest BCUT2D eigenvalue weighted by Crippen LogP contribution is 2.25. The van der Waals surface area contributed by atoms with Gasteiger partial charge in [0.25, 0.3) is 0 Å². The number of aryl methyl sites for hydroxylation is 1. The van der Waals surface area contributed by atoms with Crippen molar-refractivity contribution in [2.24, 2.45) is 0 Å². The number of nitrogens with zero attached hydrogens (tertiary/aromatic N) is 3. The van der Waals surface area contributed by atoms with Crippen molar-refractivity contribution in [2.45, 2.75) is 32.9 Å². The number of fused-ring (bicyclic) bond motifs is 1. The third-order valence-corrected chi connectivity index (χ3v) is 3.81. The van der Waals surface area contributed by atoms with Gasteiger partial charge in [-0.3, -0.25) is 4.79 Å².